The van der Waals surface area contributed by atoms with Crippen molar-refractivity contribution in [2.45, 2.75) is 13.3 Å². The summed E-state index contributed by atoms with van der Waals surface area (Å²) < 4.78 is 0. The Morgan fingerprint density at radius 3 is 2.52 bits per heavy atom. The van der Waals surface area contributed by atoms with Crippen LogP contribution in [0.2, 0.25) is 0 Å². The summed E-state index contributed by atoms with van der Waals surface area (Å²) in [4.78, 5) is 16.3. The molecule has 0 aliphatic carbocycles. The van der Waals surface area contributed by atoms with Gasteiger partial charge in [0.1, 0.15) is 5.82 Å². The number of anilines is 2. The molecule has 0 spiro atoms. The van der Waals surface area contributed by atoms with Crippen LogP contribution in [0.5, 0.6) is 0 Å². The van der Waals surface area contributed by atoms with Gasteiger partial charge in [0.15, 0.2) is 0 Å². The van der Waals surface area contributed by atoms with Crippen molar-refractivity contribution in [1.29, 1.82) is 0 Å². The van der Waals surface area contributed by atoms with Crippen molar-refractivity contribution in [3.8, 4) is 0 Å². The highest BCUT2D eigenvalue weighted by Crippen LogP contribution is 2.12. The van der Waals surface area contributed by atoms with Crippen LogP contribution >= 0.6 is 0 Å². The molecule has 0 aliphatic heterocycles. The molecule has 5 nitrogen and oxygen atoms in total. The van der Waals surface area contributed by atoms with Crippen LogP contribution < -0.4 is 10.6 Å². The zero-order valence-corrected chi connectivity index (χ0v) is 12.0. The summed E-state index contributed by atoms with van der Waals surface area (Å²) in [6.45, 7) is 2.90. The van der Waals surface area contributed by atoms with Gasteiger partial charge in [-0.2, -0.15) is 0 Å². The summed E-state index contributed by atoms with van der Waals surface area (Å²) >= 11 is 0. The van der Waals surface area contributed by atoms with Gasteiger partial charge in [-0.1, -0.05) is 12.1 Å². The van der Waals surface area contributed by atoms with Crippen molar-refractivity contribution >= 4 is 17.4 Å². The van der Waals surface area contributed by atoms with E-state index in [1.54, 1.807) is 18.3 Å². The lowest BCUT2D eigenvalue weighted by Gasteiger charge is -2.07. The van der Waals surface area contributed by atoms with E-state index in [-0.39, 0.29) is 12.5 Å². The molecule has 21 heavy (non-hydrogen) atoms. The van der Waals surface area contributed by atoms with E-state index in [1.165, 1.54) is 0 Å². The normalized spacial score (nSPS) is 10.2. The van der Waals surface area contributed by atoms with Gasteiger partial charge in [0.05, 0.1) is 5.56 Å². The molecule has 0 fully saturated rings. The Morgan fingerprint density at radius 1 is 1.19 bits per heavy atom. The van der Waals surface area contributed by atoms with E-state index in [0.717, 1.165) is 23.6 Å². The summed E-state index contributed by atoms with van der Waals surface area (Å²) in [6.07, 6.45) is 2.16. The lowest BCUT2D eigenvalue weighted by molar-refractivity contribution is 0.102. The monoisotopic (exact) mass is 285 g/mol. The van der Waals surface area contributed by atoms with E-state index in [1.807, 2.05) is 31.2 Å². The second-order valence-corrected chi connectivity index (χ2v) is 4.59. The number of carbonyl (C=O) groups excluding carboxylic acids is 1. The average molecular weight is 285 g/mol. The Bertz CT molecular complexity index is 579. The van der Waals surface area contributed by atoms with Crippen LogP contribution in [0.4, 0.5) is 11.5 Å². The number of hydrogen-bond donors (Lipinski definition) is 3. The maximum atomic E-state index is 12.1. The zero-order chi connectivity index (χ0) is 15.1. The molecule has 1 heterocycles. The third kappa shape index (κ3) is 4.29. The van der Waals surface area contributed by atoms with E-state index in [9.17, 15) is 4.79 Å². The first-order chi connectivity index (χ1) is 10.2. The Kier molecular flexibility index (Phi) is 5.29. The molecule has 0 radical (unpaired) electrons. The predicted octanol–water partition coefficient (Wildman–Crippen LogP) is 2.30. The highest BCUT2D eigenvalue weighted by Gasteiger charge is 2.06. The molecule has 1 amide bonds. The van der Waals surface area contributed by atoms with Crippen molar-refractivity contribution in [3.63, 3.8) is 0 Å². The first-order valence-electron chi connectivity index (χ1n) is 6.94. The van der Waals surface area contributed by atoms with E-state index in [0.29, 0.717) is 12.0 Å². The number of aromatic nitrogens is 1. The SMILES string of the molecule is CCNc1ccc(C(=O)Nc2ccc(CCO)cc2)cn1. The minimum absolute atomic E-state index is 0.121. The largest absolute Gasteiger partial charge is 0.396 e. The Labute approximate surface area is 124 Å². The fraction of sp³-hybridized carbons (Fsp3) is 0.250. The highest BCUT2D eigenvalue weighted by molar-refractivity contribution is 6.04. The van der Waals surface area contributed by atoms with Crippen molar-refractivity contribution < 1.29 is 9.90 Å². The highest BCUT2D eigenvalue weighted by atomic mass is 16.2. The minimum Gasteiger partial charge on any atom is -0.396 e. The number of aliphatic hydroxyl groups is 1. The van der Waals surface area contributed by atoms with Gasteiger partial charge in [0, 0.05) is 25.0 Å². The third-order valence-corrected chi connectivity index (χ3v) is 3.00. The first-order valence-corrected chi connectivity index (χ1v) is 6.94. The number of aliphatic hydroxyl groups excluding tert-OH is 1. The molecule has 2 rings (SSSR count). The van der Waals surface area contributed by atoms with E-state index >= 15 is 0 Å². The topological polar surface area (TPSA) is 74.2 Å². The molecule has 1 aromatic carbocycles. The van der Waals surface area contributed by atoms with Gasteiger partial charge < -0.3 is 15.7 Å². The van der Waals surface area contributed by atoms with Gasteiger partial charge in [-0.3, -0.25) is 4.79 Å². The van der Waals surface area contributed by atoms with Gasteiger partial charge >= 0.3 is 0 Å². The van der Waals surface area contributed by atoms with E-state index in [4.69, 9.17) is 5.11 Å². The number of nitrogens with one attached hydrogen (secondary N) is 2. The number of carbonyl (C=O) groups is 1. The van der Waals surface area contributed by atoms with Gasteiger partial charge in [0.2, 0.25) is 0 Å². The Morgan fingerprint density at radius 2 is 1.95 bits per heavy atom. The summed E-state index contributed by atoms with van der Waals surface area (Å²) in [7, 11) is 0. The van der Waals surface area contributed by atoms with Crippen LogP contribution in [-0.4, -0.2) is 29.1 Å². The molecule has 0 saturated carbocycles. The van der Waals surface area contributed by atoms with Crippen LogP contribution in [0, 0.1) is 0 Å². The fourth-order valence-electron chi connectivity index (χ4n) is 1.90. The second-order valence-electron chi connectivity index (χ2n) is 4.59. The number of hydrogen-bond acceptors (Lipinski definition) is 4. The maximum Gasteiger partial charge on any atom is 0.257 e. The number of benzene rings is 1. The van der Waals surface area contributed by atoms with Gasteiger partial charge in [-0.25, -0.2) is 4.98 Å². The molecule has 1 aromatic heterocycles. The summed E-state index contributed by atoms with van der Waals surface area (Å²) in [5.74, 6) is 0.558. The molecule has 0 unspecified atom stereocenters. The lowest BCUT2D eigenvalue weighted by Crippen LogP contribution is -2.12. The number of rotatable bonds is 6. The molecule has 110 valence electrons. The average Bonchev–Trinajstić information content (AvgIpc) is 2.50. The third-order valence-electron chi connectivity index (χ3n) is 3.00. The van der Waals surface area contributed by atoms with Crippen LogP contribution in [0.3, 0.4) is 0 Å². The summed E-state index contributed by atoms with van der Waals surface area (Å²) in [5.41, 5.74) is 2.26. The van der Waals surface area contributed by atoms with Crippen LogP contribution in [-0.2, 0) is 6.42 Å². The van der Waals surface area contributed by atoms with E-state index in [2.05, 4.69) is 15.6 Å². The second kappa shape index (κ2) is 7.40. The molecule has 5 heteroatoms. The quantitative estimate of drug-likeness (QED) is 0.761. The van der Waals surface area contributed by atoms with Gasteiger partial charge in [0.25, 0.3) is 5.91 Å². The molecular weight excluding hydrogens is 266 g/mol. The van der Waals surface area contributed by atoms with Crippen LogP contribution in [0.25, 0.3) is 0 Å². The van der Waals surface area contributed by atoms with Crippen molar-refractivity contribution in [1.82, 2.24) is 4.98 Å². The van der Waals surface area contributed by atoms with Gasteiger partial charge in [-0.15, -0.1) is 0 Å². The van der Waals surface area contributed by atoms with Gasteiger partial charge in [-0.05, 0) is 43.2 Å². The molecule has 0 atom stereocenters. The molecule has 3 N–H and O–H groups in total. The number of amides is 1. The minimum atomic E-state index is -0.194. The molecule has 0 saturated heterocycles. The molecule has 0 bridgehead atoms. The van der Waals surface area contributed by atoms with Crippen LogP contribution in [0.15, 0.2) is 42.6 Å². The first kappa shape index (κ1) is 15.0. The van der Waals surface area contributed by atoms with Crippen LogP contribution in [0.1, 0.15) is 22.8 Å². The molecule has 0 aliphatic rings. The standard InChI is InChI=1S/C16H19N3O2/c1-2-17-15-8-5-13(11-18-15)16(21)19-14-6-3-12(4-7-14)9-10-20/h3-8,11,20H,2,9-10H2,1H3,(H,17,18)(H,19,21). The summed E-state index contributed by atoms with van der Waals surface area (Å²) in [6, 6.07) is 10.9. The fourth-order valence-corrected chi connectivity index (χ4v) is 1.90. The Hall–Kier alpha value is -2.40. The summed E-state index contributed by atoms with van der Waals surface area (Å²) in [5, 5.41) is 14.8. The molecular formula is C16H19N3O2. The molecule has 2 aromatic rings. The zero-order valence-electron chi connectivity index (χ0n) is 12.0. The Balaban J connectivity index is 2.00. The lowest BCUT2D eigenvalue weighted by atomic mass is 10.1. The maximum absolute atomic E-state index is 12.1. The number of pyridine rings is 1. The predicted molar refractivity (Wildman–Crippen MR) is 83.6 cm³/mol. The number of nitrogens with zero attached hydrogens (tertiary/aromatic N) is 1. The van der Waals surface area contributed by atoms with Crippen molar-refractivity contribution in [2.75, 3.05) is 23.8 Å². The van der Waals surface area contributed by atoms with Crippen molar-refractivity contribution in [2.24, 2.45) is 0 Å². The van der Waals surface area contributed by atoms with E-state index < -0.39 is 0 Å². The van der Waals surface area contributed by atoms with Crippen molar-refractivity contribution in [3.05, 3.63) is 53.7 Å². The smallest absolute Gasteiger partial charge is 0.257 e.